The molecular weight excluding hydrogens is 664 g/mol. The monoisotopic (exact) mass is 692 g/mol. The minimum Gasteiger partial charge on any atom is -0.508 e. The Morgan fingerprint density at radius 1 is 0.667 bits per heavy atom. The zero-order valence-corrected chi connectivity index (χ0v) is 25.1. The van der Waals surface area contributed by atoms with Crippen molar-refractivity contribution in [2.24, 2.45) is 0 Å². The second-order valence-corrected chi connectivity index (χ2v) is 13.2. The first-order chi connectivity index (χ1) is 15.5. The zero-order valence-electron chi connectivity index (χ0n) is 18.7. The predicted molar refractivity (Wildman–Crippen MR) is 146 cm³/mol. The standard InChI is InChI=1S/C11H15BrO3S.C7H8O3S.C4H8Br2/c1-16(13,14)11-6-4-10(5-7-11)15-9-3-2-8-12;1-11(9,10)7-4-2-6(8)3-5-7;5-3-1-2-4-6/h4-7H,2-3,8-9H2,1H3;2-5,8H,1H3;1-4H2. The topological polar surface area (TPSA) is 97.7 Å². The lowest BCUT2D eigenvalue weighted by Gasteiger charge is -2.05. The maximum atomic E-state index is 11.2. The maximum Gasteiger partial charge on any atom is 0.175 e. The number of benzene rings is 2. The van der Waals surface area contributed by atoms with Crippen molar-refractivity contribution in [1.82, 2.24) is 0 Å². The molecule has 0 unspecified atom stereocenters. The molecule has 0 heterocycles. The molecule has 0 saturated carbocycles. The predicted octanol–water partition coefficient (Wildman–Crippen LogP) is 6.00. The molecule has 0 aromatic heterocycles. The van der Waals surface area contributed by atoms with Gasteiger partial charge in [-0.15, -0.1) is 0 Å². The van der Waals surface area contributed by atoms with Gasteiger partial charge in [-0.2, -0.15) is 0 Å². The Bertz CT molecular complexity index is 974. The molecule has 11 heteroatoms. The number of alkyl halides is 3. The average molecular weight is 695 g/mol. The highest BCUT2D eigenvalue weighted by molar-refractivity contribution is 9.09. The molecule has 1 N–H and O–H groups in total. The van der Waals surface area contributed by atoms with Gasteiger partial charge in [0.15, 0.2) is 19.7 Å². The van der Waals surface area contributed by atoms with Crippen LogP contribution in [-0.4, -0.2) is 57.1 Å². The molecular formula is C22H31Br3O6S2. The van der Waals surface area contributed by atoms with E-state index in [0.29, 0.717) is 17.3 Å². The third-order valence-corrected chi connectivity index (χ3v) is 7.77. The van der Waals surface area contributed by atoms with Gasteiger partial charge in [0.25, 0.3) is 0 Å². The summed E-state index contributed by atoms with van der Waals surface area (Å²) < 4.78 is 49.6. The Hall–Kier alpha value is -0.620. The van der Waals surface area contributed by atoms with Crippen LogP contribution in [0, 0.1) is 0 Å². The van der Waals surface area contributed by atoms with Crippen LogP contribution in [0.5, 0.6) is 11.5 Å². The number of phenols is 1. The molecule has 2 aromatic rings. The van der Waals surface area contributed by atoms with E-state index in [0.717, 1.165) is 35.1 Å². The van der Waals surface area contributed by atoms with Crippen molar-refractivity contribution < 1.29 is 26.7 Å². The quantitative estimate of drug-likeness (QED) is 0.242. The van der Waals surface area contributed by atoms with Crippen LogP contribution >= 0.6 is 47.8 Å². The maximum absolute atomic E-state index is 11.2. The van der Waals surface area contributed by atoms with Crippen LogP contribution in [0.3, 0.4) is 0 Å². The fraction of sp³-hybridized carbons (Fsp3) is 0.455. The largest absolute Gasteiger partial charge is 0.508 e. The summed E-state index contributed by atoms with van der Waals surface area (Å²) in [5.74, 6) is 0.777. The molecule has 0 amide bonds. The third kappa shape index (κ3) is 16.6. The van der Waals surface area contributed by atoms with Crippen molar-refractivity contribution in [2.75, 3.05) is 35.1 Å². The second kappa shape index (κ2) is 17.8. The van der Waals surface area contributed by atoms with Crippen LogP contribution < -0.4 is 4.74 Å². The first-order valence-electron chi connectivity index (χ1n) is 10.1. The Morgan fingerprint density at radius 3 is 1.39 bits per heavy atom. The SMILES string of the molecule is BrCCCCBr.CS(=O)(=O)c1ccc(O)cc1.CS(=O)(=O)c1ccc(OCCCCBr)cc1. The van der Waals surface area contributed by atoms with Crippen LogP contribution in [0.2, 0.25) is 0 Å². The first-order valence-corrected chi connectivity index (χ1v) is 17.2. The molecule has 0 radical (unpaired) electrons. The molecule has 0 atom stereocenters. The van der Waals surface area contributed by atoms with E-state index in [2.05, 4.69) is 47.8 Å². The zero-order chi connectivity index (χ0) is 25.3. The molecule has 0 saturated heterocycles. The number of hydrogen-bond acceptors (Lipinski definition) is 6. The fourth-order valence-electron chi connectivity index (χ4n) is 2.05. The molecule has 2 aromatic carbocycles. The summed E-state index contributed by atoms with van der Waals surface area (Å²) in [5, 5.41) is 12.1. The van der Waals surface area contributed by atoms with E-state index in [1.165, 1.54) is 43.4 Å². The normalized spacial score (nSPS) is 10.9. The molecule has 0 bridgehead atoms. The van der Waals surface area contributed by atoms with Crippen molar-refractivity contribution >= 4 is 67.5 Å². The summed E-state index contributed by atoms with van der Waals surface area (Å²) in [6, 6.07) is 11.9. The lowest BCUT2D eigenvalue weighted by molar-refractivity contribution is 0.310. The summed E-state index contributed by atoms with van der Waals surface area (Å²) in [6.45, 7) is 0.657. The van der Waals surface area contributed by atoms with Crippen molar-refractivity contribution in [3.8, 4) is 11.5 Å². The molecule has 2 rings (SSSR count). The Balaban J connectivity index is 0.000000520. The van der Waals surface area contributed by atoms with Gasteiger partial charge in [0.2, 0.25) is 0 Å². The number of halogens is 3. The van der Waals surface area contributed by atoms with Gasteiger partial charge in [-0.3, -0.25) is 0 Å². The molecule has 0 aliphatic heterocycles. The lowest BCUT2D eigenvalue weighted by atomic mass is 10.3. The van der Waals surface area contributed by atoms with E-state index in [4.69, 9.17) is 9.84 Å². The van der Waals surface area contributed by atoms with Crippen LogP contribution in [0.1, 0.15) is 25.7 Å². The molecule has 0 aliphatic rings. The average Bonchev–Trinajstić information content (AvgIpc) is 2.75. The highest BCUT2D eigenvalue weighted by Gasteiger charge is 2.06. The number of aromatic hydroxyl groups is 1. The van der Waals surface area contributed by atoms with Gasteiger partial charge in [-0.05, 0) is 74.2 Å². The van der Waals surface area contributed by atoms with E-state index in [1.54, 1.807) is 24.3 Å². The summed E-state index contributed by atoms with van der Waals surface area (Å²) in [6.07, 6.45) is 6.94. The van der Waals surface area contributed by atoms with Crippen LogP contribution in [-0.2, 0) is 19.7 Å². The molecule has 33 heavy (non-hydrogen) atoms. The number of hydrogen-bond donors (Lipinski definition) is 1. The Labute approximate surface area is 223 Å². The van der Waals surface area contributed by atoms with Gasteiger partial charge in [-0.25, -0.2) is 16.8 Å². The first kappa shape index (κ1) is 32.4. The van der Waals surface area contributed by atoms with Gasteiger partial charge < -0.3 is 9.84 Å². The summed E-state index contributed by atoms with van der Waals surface area (Å²) in [7, 11) is -6.24. The number of sulfone groups is 2. The van der Waals surface area contributed by atoms with Gasteiger partial charge in [0.05, 0.1) is 16.4 Å². The van der Waals surface area contributed by atoms with Gasteiger partial charge in [0, 0.05) is 28.5 Å². The Kier molecular flexibility index (Phi) is 17.4. The van der Waals surface area contributed by atoms with Gasteiger partial charge >= 0.3 is 0 Å². The summed E-state index contributed by atoms with van der Waals surface area (Å²) >= 11 is 10.0. The minimum absolute atomic E-state index is 0.0670. The molecule has 6 nitrogen and oxygen atoms in total. The number of unbranched alkanes of at least 4 members (excludes halogenated alkanes) is 2. The van der Waals surface area contributed by atoms with Crippen LogP contribution in [0.25, 0.3) is 0 Å². The minimum atomic E-state index is -3.13. The van der Waals surface area contributed by atoms with E-state index in [-0.39, 0.29) is 10.6 Å². The summed E-state index contributed by atoms with van der Waals surface area (Å²) in [4.78, 5) is 0.538. The Morgan fingerprint density at radius 2 is 1.03 bits per heavy atom. The third-order valence-electron chi connectivity index (χ3n) is 3.83. The number of rotatable bonds is 10. The highest BCUT2D eigenvalue weighted by atomic mass is 79.9. The van der Waals surface area contributed by atoms with Gasteiger partial charge in [-0.1, -0.05) is 47.8 Å². The molecule has 0 fully saturated rings. The fourth-order valence-corrected chi connectivity index (χ4v) is 4.50. The van der Waals surface area contributed by atoms with Crippen molar-refractivity contribution in [3.63, 3.8) is 0 Å². The van der Waals surface area contributed by atoms with Crippen LogP contribution in [0.15, 0.2) is 58.3 Å². The van der Waals surface area contributed by atoms with Crippen molar-refractivity contribution in [2.45, 2.75) is 35.5 Å². The van der Waals surface area contributed by atoms with E-state index in [9.17, 15) is 16.8 Å². The molecule has 0 spiro atoms. The van der Waals surface area contributed by atoms with E-state index >= 15 is 0 Å². The van der Waals surface area contributed by atoms with E-state index in [1.807, 2.05) is 0 Å². The second-order valence-electron chi connectivity index (χ2n) is 6.84. The molecule has 188 valence electrons. The van der Waals surface area contributed by atoms with Crippen molar-refractivity contribution in [1.29, 1.82) is 0 Å². The summed E-state index contributed by atoms with van der Waals surface area (Å²) in [5.41, 5.74) is 0. The smallest absolute Gasteiger partial charge is 0.175 e. The number of ether oxygens (including phenoxy) is 1. The van der Waals surface area contributed by atoms with E-state index < -0.39 is 19.7 Å². The molecule has 0 aliphatic carbocycles. The highest BCUT2D eigenvalue weighted by Crippen LogP contribution is 2.16. The lowest BCUT2D eigenvalue weighted by Crippen LogP contribution is -1.99. The van der Waals surface area contributed by atoms with Crippen LogP contribution in [0.4, 0.5) is 0 Å². The van der Waals surface area contributed by atoms with Gasteiger partial charge in [0.1, 0.15) is 11.5 Å². The number of phenolic OH excluding ortho intramolecular Hbond substituents is 1. The van der Waals surface area contributed by atoms with Crippen molar-refractivity contribution in [3.05, 3.63) is 48.5 Å².